The first-order valence-electron chi connectivity index (χ1n) is 5.62. The molecule has 3 nitrogen and oxygen atoms in total. The van der Waals surface area contributed by atoms with Gasteiger partial charge in [-0.25, -0.2) is 0 Å². The van der Waals surface area contributed by atoms with Gasteiger partial charge in [0.2, 0.25) is 0 Å². The highest BCUT2D eigenvalue weighted by Crippen LogP contribution is 2.24. The van der Waals surface area contributed by atoms with Crippen molar-refractivity contribution in [3.63, 3.8) is 0 Å². The van der Waals surface area contributed by atoms with E-state index in [1.807, 2.05) is 30.5 Å². The molecule has 1 atom stereocenters. The molecule has 0 aromatic heterocycles. The van der Waals surface area contributed by atoms with E-state index >= 15 is 0 Å². The lowest BCUT2D eigenvalue weighted by Crippen LogP contribution is -2.14. The maximum Gasteiger partial charge on any atom is 0.182 e. The fourth-order valence-electron chi connectivity index (χ4n) is 1.61. The summed E-state index contributed by atoms with van der Waals surface area (Å²) in [5.41, 5.74) is 1.12. The Kier molecular flexibility index (Phi) is 5.51. The first kappa shape index (κ1) is 13.5. The van der Waals surface area contributed by atoms with Crippen LogP contribution in [0.5, 0.6) is 0 Å². The zero-order chi connectivity index (χ0) is 12.7. The van der Waals surface area contributed by atoms with Gasteiger partial charge in [0.1, 0.15) is 5.84 Å². The van der Waals surface area contributed by atoms with Crippen molar-refractivity contribution in [2.75, 3.05) is 0 Å². The van der Waals surface area contributed by atoms with Crippen LogP contribution in [0.3, 0.4) is 0 Å². The minimum Gasteiger partial charge on any atom is -0.281 e. The third-order valence-electron chi connectivity index (χ3n) is 2.40. The lowest BCUT2D eigenvalue weighted by Gasteiger charge is -2.13. The number of hydrogen-bond donors (Lipinski definition) is 1. The van der Waals surface area contributed by atoms with Gasteiger partial charge in [-0.3, -0.25) is 10.3 Å². The minimum atomic E-state index is 0.0816. The molecule has 0 amide bonds. The first-order valence-corrected chi connectivity index (χ1v) is 6.00. The Balaban J connectivity index is 2.89. The molecule has 90 valence electrons. The summed E-state index contributed by atoms with van der Waals surface area (Å²) in [6, 6.07) is 7.76. The van der Waals surface area contributed by atoms with E-state index < -0.39 is 0 Å². The van der Waals surface area contributed by atoms with Crippen molar-refractivity contribution in [3.8, 4) is 6.19 Å². The van der Waals surface area contributed by atoms with Crippen molar-refractivity contribution >= 4 is 17.4 Å². The standard InChI is InChI=1S/C13H16ClN3/c1-3-4-13(17-10(2)16-9-15)11-5-7-12(14)8-6-11/h5-8,13H,3-4H2,1-2H3,(H,16,17)/t13-/m0/s1. The van der Waals surface area contributed by atoms with Gasteiger partial charge in [-0.2, -0.15) is 5.26 Å². The molecule has 0 aliphatic rings. The van der Waals surface area contributed by atoms with E-state index in [2.05, 4.69) is 17.2 Å². The van der Waals surface area contributed by atoms with E-state index in [0.717, 1.165) is 23.4 Å². The summed E-state index contributed by atoms with van der Waals surface area (Å²) in [4.78, 5) is 4.50. The van der Waals surface area contributed by atoms with Crippen LogP contribution in [0, 0.1) is 11.5 Å². The molecule has 0 bridgehead atoms. The fourth-order valence-corrected chi connectivity index (χ4v) is 1.74. The highest BCUT2D eigenvalue weighted by atomic mass is 35.5. The zero-order valence-corrected chi connectivity index (χ0v) is 10.8. The number of nitrogens with one attached hydrogen (secondary N) is 1. The van der Waals surface area contributed by atoms with E-state index in [4.69, 9.17) is 16.9 Å². The van der Waals surface area contributed by atoms with Crippen LogP contribution in [0.4, 0.5) is 0 Å². The summed E-state index contributed by atoms with van der Waals surface area (Å²) in [6.45, 7) is 3.91. The Morgan fingerprint density at radius 3 is 2.65 bits per heavy atom. The van der Waals surface area contributed by atoms with E-state index in [-0.39, 0.29) is 6.04 Å². The Morgan fingerprint density at radius 1 is 1.47 bits per heavy atom. The van der Waals surface area contributed by atoms with Gasteiger partial charge >= 0.3 is 0 Å². The average Bonchev–Trinajstić information content (AvgIpc) is 2.30. The molecule has 0 unspecified atom stereocenters. The number of aliphatic imine (C=N–C) groups is 1. The second kappa shape index (κ2) is 6.93. The van der Waals surface area contributed by atoms with Crippen molar-refractivity contribution in [2.24, 2.45) is 4.99 Å². The van der Waals surface area contributed by atoms with E-state index in [1.54, 1.807) is 6.92 Å². The number of benzene rings is 1. The van der Waals surface area contributed by atoms with Gasteiger partial charge in [-0.1, -0.05) is 37.1 Å². The van der Waals surface area contributed by atoms with Gasteiger partial charge in [-0.05, 0) is 31.0 Å². The predicted molar refractivity (Wildman–Crippen MR) is 71.0 cm³/mol. The molecule has 1 aromatic carbocycles. The SMILES string of the molecule is CCC[C@H](N=C(C)NC#N)c1ccc(Cl)cc1. The minimum absolute atomic E-state index is 0.0816. The molecule has 17 heavy (non-hydrogen) atoms. The second-order valence-electron chi connectivity index (χ2n) is 3.81. The van der Waals surface area contributed by atoms with Crippen LogP contribution in [-0.2, 0) is 0 Å². The summed E-state index contributed by atoms with van der Waals surface area (Å²) in [6.07, 6.45) is 3.86. The van der Waals surface area contributed by atoms with Crippen LogP contribution in [0.25, 0.3) is 0 Å². The molecule has 1 aromatic rings. The van der Waals surface area contributed by atoms with Crippen LogP contribution >= 0.6 is 11.6 Å². The maximum absolute atomic E-state index is 8.53. The van der Waals surface area contributed by atoms with Gasteiger partial charge in [0, 0.05) is 5.02 Å². The Hall–Kier alpha value is -1.53. The second-order valence-corrected chi connectivity index (χ2v) is 4.24. The Morgan fingerprint density at radius 2 is 2.12 bits per heavy atom. The molecule has 1 rings (SSSR count). The Bertz CT molecular complexity index is 417. The number of amidine groups is 1. The smallest absolute Gasteiger partial charge is 0.182 e. The van der Waals surface area contributed by atoms with E-state index in [1.165, 1.54) is 0 Å². The molecule has 0 spiro atoms. The Labute approximate surface area is 107 Å². The van der Waals surface area contributed by atoms with Crippen molar-refractivity contribution in [1.29, 1.82) is 5.26 Å². The van der Waals surface area contributed by atoms with Crippen LogP contribution in [-0.4, -0.2) is 5.84 Å². The summed E-state index contributed by atoms with van der Waals surface area (Å²) in [7, 11) is 0. The largest absolute Gasteiger partial charge is 0.281 e. The number of nitriles is 1. The molecule has 0 aliphatic carbocycles. The number of nitrogens with zero attached hydrogens (tertiary/aromatic N) is 2. The molecule has 0 fully saturated rings. The summed E-state index contributed by atoms with van der Waals surface area (Å²) in [5.74, 6) is 0.640. The van der Waals surface area contributed by atoms with Crippen molar-refractivity contribution in [2.45, 2.75) is 32.7 Å². The van der Waals surface area contributed by atoms with Crippen LogP contribution in [0.2, 0.25) is 5.02 Å². The highest BCUT2D eigenvalue weighted by molar-refractivity contribution is 6.30. The molecular weight excluding hydrogens is 234 g/mol. The third-order valence-corrected chi connectivity index (χ3v) is 2.66. The lowest BCUT2D eigenvalue weighted by atomic mass is 10.0. The van der Waals surface area contributed by atoms with Crippen molar-refractivity contribution in [3.05, 3.63) is 34.9 Å². The fraction of sp³-hybridized carbons (Fsp3) is 0.385. The molecule has 0 aliphatic heterocycles. The summed E-state index contributed by atoms with van der Waals surface area (Å²) in [5, 5.41) is 11.8. The van der Waals surface area contributed by atoms with Crippen LogP contribution in [0.1, 0.15) is 38.3 Å². The molecule has 1 N–H and O–H groups in total. The monoisotopic (exact) mass is 249 g/mol. The molecular formula is C13H16ClN3. The maximum atomic E-state index is 8.53. The van der Waals surface area contributed by atoms with Gasteiger partial charge in [-0.15, -0.1) is 0 Å². The van der Waals surface area contributed by atoms with Gasteiger partial charge in [0.25, 0.3) is 0 Å². The van der Waals surface area contributed by atoms with Crippen molar-refractivity contribution < 1.29 is 0 Å². The molecule has 4 heteroatoms. The summed E-state index contributed by atoms with van der Waals surface area (Å²) < 4.78 is 0. The zero-order valence-electron chi connectivity index (χ0n) is 10.1. The quantitative estimate of drug-likeness (QED) is 0.383. The highest BCUT2D eigenvalue weighted by Gasteiger charge is 2.09. The lowest BCUT2D eigenvalue weighted by molar-refractivity contribution is 0.638. The van der Waals surface area contributed by atoms with Crippen LogP contribution in [0.15, 0.2) is 29.3 Å². The number of hydrogen-bond acceptors (Lipinski definition) is 2. The first-order chi connectivity index (χ1) is 8.17. The topological polar surface area (TPSA) is 48.2 Å². The molecule has 0 heterocycles. The number of rotatable bonds is 4. The predicted octanol–water partition coefficient (Wildman–Crippen LogP) is 3.67. The average molecular weight is 250 g/mol. The van der Waals surface area contributed by atoms with Gasteiger partial charge in [0.05, 0.1) is 6.04 Å². The van der Waals surface area contributed by atoms with E-state index in [9.17, 15) is 0 Å². The third kappa shape index (κ3) is 4.46. The van der Waals surface area contributed by atoms with Crippen molar-refractivity contribution in [1.82, 2.24) is 5.32 Å². The van der Waals surface area contributed by atoms with Gasteiger partial charge in [0.15, 0.2) is 6.19 Å². The normalized spacial score (nSPS) is 12.9. The van der Waals surface area contributed by atoms with Crippen LogP contribution < -0.4 is 5.32 Å². The van der Waals surface area contributed by atoms with Gasteiger partial charge < -0.3 is 0 Å². The molecule has 0 saturated carbocycles. The summed E-state index contributed by atoms with van der Waals surface area (Å²) >= 11 is 5.86. The molecule has 0 radical (unpaired) electrons. The van der Waals surface area contributed by atoms with E-state index in [0.29, 0.717) is 5.84 Å². The molecule has 0 saturated heterocycles. The number of halogens is 1.